The number of nitrogens with one attached hydrogen (secondary N) is 1. The van der Waals surface area contributed by atoms with Crippen LogP contribution < -0.4 is 10.1 Å². The Kier molecular flexibility index (Phi) is 5.84. The van der Waals surface area contributed by atoms with Crippen molar-refractivity contribution in [3.63, 3.8) is 0 Å². The number of carbonyl (C=O) groups excluding carboxylic acids is 1. The summed E-state index contributed by atoms with van der Waals surface area (Å²) >= 11 is 0. The lowest BCUT2D eigenvalue weighted by Gasteiger charge is -2.33. The van der Waals surface area contributed by atoms with Crippen molar-refractivity contribution in [1.82, 2.24) is 15.2 Å². The molecule has 0 aliphatic carbocycles. The molecule has 116 valence electrons. The Labute approximate surface area is 126 Å². The van der Waals surface area contributed by atoms with Gasteiger partial charge in [0.15, 0.2) is 0 Å². The summed E-state index contributed by atoms with van der Waals surface area (Å²) in [6.45, 7) is 5.65. The van der Waals surface area contributed by atoms with Crippen LogP contribution in [0.5, 0.6) is 5.75 Å². The van der Waals surface area contributed by atoms with E-state index in [1.165, 1.54) is 0 Å². The predicted octanol–water partition coefficient (Wildman–Crippen LogP) is 2.82. The second-order valence-electron chi connectivity index (χ2n) is 5.47. The van der Waals surface area contributed by atoms with Crippen LogP contribution in [-0.2, 0) is 0 Å². The summed E-state index contributed by atoms with van der Waals surface area (Å²) in [7, 11) is 0. The molecule has 1 saturated heterocycles. The van der Waals surface area contributed by atoms with Crippen molar-refractivity contribution in [1.29, 1.82) is 0 Å². The average molecular weight is 291 g/mol. The molecule has 2 amide bonds. The maximum absolute atomic E-state index is 12.3. The second-order valence-corrected chi connectivity index (χ2v) is 5.47. The van der Waals surface area contributed by atoms with Crippen LogP contribution in [0.15, 0.2) is 24.5 Å². The number of piperidine rings is 1. The zero-order chi connectivity index (χ0) is 15.1. The van der Waals surface area contributed by atoms with Gasteiger partial charge in [0, 0.05) is 25.0 Å². The van der Waals surface area contributed by atoms with E-state index in [1.807, 2.05) is 17.0 Å². The number of aromatic nitrogens is 1. The highest BCUT2D eigenvalue weighted by molar-refractivity contribution is 5.74. The minimum atomic E-state index is 0.0340. The molecule has 1 aliphatic rings. The van der Waals surface area contributed by atoms with Crippen molar-refractivity contribution < 1.29 is 9.53 Å². The van der Waals surface area contributed by atoms with Gasteiger partial charge in [-0.3, -0.25) is 4.98 Å². The number of hydrogen-bond donors (Lipinski definition) is 1. The standard InChI is InChI=1S/C16H25N3O2/c1-3-13(4-2)18-16(20)19-11-5-6-15(12-19)21-14-7-9-17-10-8-14/h7-10,13,15H,3-6,11-12H2,1-2H3,(H,18,20). The van der Waals surface area contributed by atoms with Crippen LogP contribution in [-0.4, -0.2) is 41.2 Å². The maximum Gasteiger partial charge on any atom is 0.317 e. The summed E-state index contributed by atoms with van der Waals surface area (Å²) in [6, 6.07) is 4.00. The number of rotatable bonds is 5. The fourth-order valence-electron chi connectivity index (χ4n) is 2.59. The molecular formula is C16H25N3O2. The highest BCUT2D eigenvalue weighted by Crippen LogP contribution is 2.17. The molecule has 1 aromatic rings. The molecule has 2 rings (SSSR count). The molecule has 1 fully saturated rings. The van der Waals surface area contributed by atoms with Crippen LogP contribution in [0.4, 0.5) is 4.79 Å². The fraction of sp³-hybridized carbons (Fsp3) is 0.625. The third kappa shape index (κ3) is 4.62. The molecule has 0 spiro atoms. The van der Waals surface area contributed by atoms with Crippen LogP contribution in [0.3, 0.4) is 0 Å². The van der Waals surface area contributed by atoms with E-state index in [4.69, 9.17) is 4.74 Å². The molecule has 0 radical (unpaired) electrons. The van der Waals surface area contributed by atoms with E-state index in [9.17, 15) is 4.79 Å². The minimum absolute atomic E-state index is 0.0340. The van der Waals surface area contributed by atoms with E-state index >= 15 is 0 Å². The number of ether oxygens (including phenoxy) is 1. The van der Waals surface area contributed by atoms with Gasteiger partial charge in [-0.2, -0.15) is 0 Å². The van der Waals surface area contributed by atoms with Gasteiger partial charge in [-0.05, 0) is 37.8 Å². The van der Waals surface area contributed by atoms with Crippen molar-refractivity contribution in [3.05, 3.63) is 24.5 Å². The maximum atomic E-state index is 12.3. The van der Waals surface area contributed by atoms with Gasteiger partial charge in [0.1, 0.15) is 11.9 Å². The smallest absolute Gasteiger partial charge is 0.317 e. The predicted molar refractivity (Wildman–Crippen MR) is 82.4 cm³/mol. The van der Waals surface area contributed by atoms with Crippen molar-refractivity contribution in [2.75, 3.05) is 13.1 Å². The molecule has 0 aromatic carbocycles. The summed E-state index contributed by atoms with van der Waals surface area (Å²) in [5, 5.41) is 3.09. The molecule has 0 bridgehead atoms. The van der Waals surface area contributed by atoms with E-state index < -0.39 is 0 Å². The molecule has 1 N–H and O–H groups in total. The Morgan fingerprint density at radius 2 is 2.14 bits per heavy atom. The molecule has 1 atom stereocenters. The van der Waals surface area contributed by atoms with Gasteiger partial charge in [-0.25, -0.2) is 4.79 Å². The number of likely N-dealkylation sites (tertiary alicyclic amines) is 1. The third-order valence-electron chi connectivity index (χ3n) is 3.93. The number of urea groups is 1. The zero-order valence-corrected chi connectivity index (χ0v) is 12.9. The molecule has 1 unspecified atom stereocenters. The van der Waals surface area contributed by atoms with Crippen molar-refractivity contribution in [2.45, 2.75) is 51.7 Å². The molecule has 5 nitrogen and oxygen atoms in total. The van der Waals surface area contributed by atoms with Gasteiger partial charge in [-0.15, -0.1) is 0 Å². The topological polar surface area (TPSA) is 54.5 Å². The zero-order valence-electron chi connectivity index (χ0n) is 12.9. The number of carbonyl (C=O) groups is 1. The molecule has 21 heavy (non-hydrogen) atoms. The highest BCUT2D eigenvalue weighted by Gasteiger charge is 2.25. The number of pyridine rings is 1. The Bertz CT molecular complexity index is 434. The van der Waals surface area contributed by atoms with Gasteiger partial charge >= 0.3 is 6.03 Å². The number of nitrogens with zero attached hydrogens (tertiary/aromatic N) is 2. The molecule has 1 aromatic heterocycles. The van der Waals surface area contributed by atoms with Gasteiger partial charge in [0.25, 0.3) is 0 Å². The number of hydrogen-bond acceptors (Lipinski definition) is 3. The first kappa shape index (κ1) is 15.6. The first-order valence-corrected chi connectivity index (χ1v) is 7.85. The Morgan fingerprint density at radius 3 is 2.81 bits per heavy atom. The van der Waals surface area contributed by atoms with Crippen LogP contribution >= 0.6 is 0 Å². The Hall–Kier alpha value is -1.78. The lowest BCUT2D eigenvalue weighted by Crippen LogP contribution is -2.50. The largest absolute Gasteiger partial charge is 0.488 e. The third-order valence-corrected chi connectivity index (χ3v) is 3.93. The molecule has 5 heteroatoms. The Balaban J connectivity index is 1.87. The van der Waals surface area contributed by atoms with Crippen molar-refractivity contribution in [3.8, 4) is 5.75 Å². The van der Waals surface area contributed by atoms with E-state index in [0.717, 1.165) is 38.0 Å². The first-order valence-electron chi connectivity index (χ1n) is 7.85. The average Bonchev–Trinajstić information content (AvgIpc) is 2.53. The fourth-order valence-corrected chi connectivity index (χ4v) is 2.59. The lowest BCUT2D eigenvalue weighted by molar-refractivity contribution is 0.0999. The summed E-state index contributed by atoms with van der Waals surface area (Å²) in [5.74, 6) is 0.817. The van der Waals surface area contributed by atoms with E-state index in [1.54, 1.807) is 12.4 Å². The highest BCUT2D eigenvalue weighted by atomic mass is 16.5. The summed E-state index contributed by atoms with van der Waals surface area (Å²) < 4.78 is 5.93. The second kappa shape index (κ2) is 7.86. The van der Waals surface area contributed by atoms with Gasteiger partial charge in [0.05, 0.1) is 6.54 Å². The molecule has 2 heterocycles. The monoisotopic (exact) mass is 291 g/mol. The van der Waals surface area contributed by atoms with Gasteiger partial charge < -0.3 is 15.0 Å². The Morgan fingerprint density at radius 1 is 1.43 bits per heavy atom. The van der Waals surface area contributed by atoms with Crippen LogP contribution in [0.2, 0.25) is 0 Å². The van der Waals surface area contributed by atoms with Crippen molar-refractivity contribution >= 4 is 6.03 Å². The van der Waals surface area contributed by atoms with Crippen LogP contribution in [0.1, 0.15) is 39.5 Å². The van der Waals surface area contributed by atoms with Gasteiger partial charge in [0.2, 0.25) is 0 Å². The summed E-state index contributed by atoms with van der Waals surface area (Å²) in [5.41, 5.74) is 0. The molecular weight excluding hydrogens is 266 g/mol. The van der Waals surface area contributed by atoms with Crippen LogP contribution in [0, 0.1) is 0 Å². The molecule has 0 saturated carbocycles. The normalized spacial score (nSPS) is 18.6. The SMILES string of the molecule is CCC(CC)NC(=O)N1CCCC(Oc2ccncc2)C1. The van der Waals surface area contributed by atoms with E-state index in [0.29, 0.717) is 6.54 Å². The minimum Gasteiger partial charge on any atom is -0.488 e. The number of amides is 2. The quantitative estimate of drug-likeness (QED) is 0.907. The van der Waals surface area contributed by atoms with E-state index in [2.05, 4.69) is 24.1 Å². The molecule has 1 aliphatic heterocycles. The van der Waals surface area contributed by atoms with Crippen molar-refractivity contribution in [2.24, 2.45) is 0 Å². The lowest BCUT2D eigenvalue weighted by atomic mass is 10.1. The van der Waals surface area contributed by atoms with E-state index in [-0.39, 0.29) is 18.2 Å². The van der Waals surface area contributed by atoms with Crippen LogP contribution in [0.25, 0.3) is 0 Å². The summed E-state index contributed by atoms with van der Waals surface area (Å²) in [4.78, 5) is 18.1. The summed E-state index contributed by atoms with van der Waals surface area (Å²) in [6.07, 6.45) is 7.39. The first-order chi connectivity index (χ1) is 10.2. The van der Waals surface area contributed by atoms with Gasteiger partial charge in [-0.1, -0.05) is 13.8 Å².